The van der Waals surface area contributed by atoms with Gasteiger partial charge in [-0.2, -0.15) is 0 Å². The molecule has 0 fully saturated rings. The molecule has 0 amide bonds. The van der Waals surface area contributed by atoms with Crippen molar-refractivity contribution < 1.29 is 0 Å². The van der Waals surface area contributed by atoms with Crippen LogP contribution in [0.25, 0.3) is 27.8 Å². The summed E-state index contributed by atoms with van der Waals surface area (Å²) in [5.74, 6) is 0. The highest BCUT2D eigenvalue weighted by molar-refractivity contribution is 7.80. The number of unbranched alkanes of at least 4 members (excludes halogenated alkanes) is 2. The second-order valence-electron chi connectivity index (χ2n) is 10.1. The zero-order valence-electron chi connectivity index (χ0n) is 27.1. The molecular weight excluding hydrogens is 537 g/mol. The fourth-order valence-corrected chi connectivity index (χ4v) is 4.84. The Hall–Kier alpha value is -3.81. The summed E-state index contributed by atoms with van der Waals surface area (Å²) in [5, 5.41) is 0. The summed E-state index contributed by atoms with van der Waals surface area (Å²) in [6, 6.07) is 46.6. The lowest BCUT2D eigenvalue weighted by molar-refractivity contribution is 0.772. The van der Waals surface area contributed by atoms with Gasteiger partial charge in [0.25, 0.3) is 0 Å². The van der Waals surface area contributed by atoms with E-state index in [4.69, 9.17) is 0 Å². The number of aryl methyl sites for hydroxylation is 1. The average molecular weight is 587 g/mol. The molecule has 0 spiro atoms. The van der Waals surface area contributed by atoms with Crippen LogP contribution in [0.5, 0.6) is 0 Å². The molecule has 5 aromatic rings. The van der Waals surface area contributed by atoms with Crippen LogP contribution in [0.1, 0.15) is 70.6 Å². The van der Waals surface area contributed by atoms with Gasteiger partial charge in [0.05, 0.1) is 0 Å². The second-order valence-corrected chi connectivity index (χ2v) is 10.7. The molecule has 0 heterocycles. The third-order valence-corrected chi connectivity index (χ3v) is 7.24. The topological polar surface area (TPSA) is 0 Å². The van der Waals surface area contributed by atoms with Crippen LogP contribution in [0.2, 0.25) is 0 Å². The van der Waals surface area contributed by atoms with Crippen molar-refractivity contribution in [1.82, 2.24) is 0 Å². The van der Waals surface area contributed by atoms with Crippen molar-refractivity contribution in [3.63, 3.8) is 0 Å². The molecule has 0 aromatic heterocycles. The third-order valence-electron chi connectivity index (χ3n) is 6.96. The first kappa shape index (κ1) is 35.4. The van der Waals surface area contributed by atoms with Gasteiger partial charge in [-0.3, -0.25) is 0 Å². The van der Waals surface area contributed by atoms with Crippen molar-refractivity contribution in [2.45, 2.75) is 72.1 Å². The van der Waals surface area contributed by atoms with Crippen molar-refractivity contribution in [2.75, 3.05) is 0 Å². The number of hydrogen-bond acceptors (Lipinski definition) is 1. The molecule has 224 valence electrons. The summed E-state index contributed by atoms with van der Waals surface area (Å²) in [4.78, 5) is 1.01. The lowest BCUT2D eigenvalue weighted by Crippen LogP contribution is -1.91. The highest BCUT2D eigenvalue weighted by Gasteiger charge is 2.04. The van der Waals surface area contributed by atoms with Gasteiger partial charge < -0.3 is 0 Å². The summed E-state index contributed by atoms with van der Waals surface area (Å²) in [5.41, 5.74) is 10.4. The zero-order valence-corrected chi connectivity index (χ0v) is 27.9. The molecule has 0 aliphatic carbocycles. The van der Waals surface area contributed by atoms with Crippen LogP contribution in [-0.4, -0.2) is 0 Å². The third kappa shape index (κ3) is 12.5. The lowest BCUT2D eigenvalue weighted by atomic mass is 9.96. The molecule has 1 heteroatoms. The Morgan fingerprint density at radius 3 is 1.67 bits per heavy atom. The van der Waals surface area contributed by atoms with E-state index in [-0.39, 0.29) is 0 Å². The van der Waals surface area contributed by atoms with Crippen LogP contribution in [0, 0.1) is 6.92 Å². The van der Waals surface area contributed by atoms with Gasteiger partial charge in [0.15, 0.2) is 0 Å². The highest BCUT2D eigenvalue weighted by Crippen LogP contribution is 2.26. The molecule has 0 atom stereocenters. The van der Waals surface area contributed by atoms with E-state index in [1.807, 2.05) is 26.0 Å². The molecule has 0 radical (unpaired) electrons. The van der Waals surface area contributed by atoms with E-state index in [2.05, 4.69) is 168 Å². The van der Waals surface area contributed by atoms with Gasteiger partial charge in [0.1, 0.15) is 0 Å². The summed E-state index contributed by atoms with van der Waals surface area (Å²) in [6.45, 7) is 12.7. The number of hydrogen-bond donors (Lipinski definition) is 1. The van der Waals surface area contributed by atoms with Crippen LogP contribution in [0.15, 0.2) is 144 Å². The van der Waals surface area contributed by atoms with E-state index in [0.717, 1.165) is 11.3 Å². The molecule has 0 saturated carbocycles. The fourth-order valence-electron chi connectivity index (χ4n) is 4.62. The van der Waals surface area contributed by atoms with Gasteiger partial charge in [-0.05, 0) is 76.9 Å². The van der Waals surface area contributed by atoms with E-state index in [9.17, 15) is 0 Å². The standard InChI is InChI=1S/C22H20.C13H12S.C5H12.C2H6/c1-2-19(17-18-9-5-3-6-10-18)21-13-15-22(16-14-21)20-11-7-4-8-12-20;1-10-5-2-3-8-13(10)11-6-4-7-12(14)9-11;1-3-5-4-2;1-2/h2-16H,17H2,1H3;2-9,14H,1H3;3-5H2,1-2H3;1-2H3/b19-2+;;;. The molecule has 0 saturated heterocycles. The van der Waals surface area contributed by atoms with Crippen molar-refractivity contribution in [1.29, 1.82) is 0 Å². The van der Waals surface area contributed by atoms with Crippen molar-refractivity contribution >= 4 is 18.2 Å². The Labute approximate surface area is 268 Å². The van der Waals surface area contributed by atoms with Crippen LogP contribution < -0.4 is 0 Å². The number of rotatable bonds is 7. The molecule has 5 rings (SSSR count). The molecule has 0 nitrogen and oxygen atoms in total. The predicted octanol–water partition coefficient (Wildman–Crippen LogP) is 13.2. The highest BCUT2D eigenvalue weighted by atomic mass is 32.1. The summed E-state index contributed by atoms with van der Waals surface area (Å²) in [6.07, 6.45) is 7.26. The molecular formula is C42H50S. The predicted molar refractivity (Wildman–Crippen MR) is 196 cm³/mol. The molecule has 0 aliphatic rings. The smallest absolute Gasteiger partial charge is 0.00461 e. The number of thiol groups is 1. The van der Waals surface area contributed by atoms with Gasteiger partial charge in [-0.1, -0.05) is 174 Å². The first-order valence-corrected chi connectivity index (χ1v) is 16.2. The normalized spacial score (nSPS) is 10.3. The first-order valence-electron chi connectivity index (χ1n) is 15.8. The Morgan fingerprint density at radius 1 is 0.605 bits per heavy atom. The minimum Gasteiger partial charge on any atom is -0.143 e. The van der Waals surface area contributed by atoms with Crippen LogP contribution >= 0.6 is 12.6 Å². The Morgan fingerprint density at radius 2 is 1.14 bits per heavy atom. The van der Waals surface area contributed by atoms with Gasteiger partial charge in [-0.25, -0.2) is 0 Å². The maximum absolute atomic E-state index is 4.34. The van der Waals surface area contributed by atoms with Crippen molar-refractivity contribution in [3.05, 3.63) is 156 Å². The Bertz CT molecular complexity index is 1450. The van der Waals surface area contributed by atoms with E-state index in [0.29, 0.717) is 0 Å². The van der Waals surface area contributed by atoms with Crippen LogP contribution in [-0.2, 0) is 6.42 Å². The van der Waals surface area contributed by atoms with Gasteiger partial charge >= 0.3 is 0 Å². The van der Waals surface area contributed by atoms with E-state index in [1.54, 1.807) is 0 Å². The van der Waals surface area contributed by atoms with E-state index in [1.165, 1.54) is 63.8 Å². The van der Waals surface area contributed by atoms with Gasteiger partial charge in [0.2, 0.25) is 0 Å². The monoisotopic (exact) mass is 586 g/mol. The molecule has 0 bridgehead atoms. The SMILES string of the molecule is C/C=C(\Cc1ccccc1)c1ccc(-c2ccccc2)cc1.CC.CCCCC.Cc1ccccc1-c1cccc(S)c1. The lowest BCUT2D eigenvalue weighted by Gasteiger charge is -2.09. The fraction of sp³-hybridized carbons (Fsp3) is 0.238. The molecule has 0 aliphatic heterocycles. The first-order chi connectivity index (χ1) is 21.0. The quantitative estimate of drug-likeness (QED) is 0.180. The van der Waals surface area contributed by atoms with Crippen LogP contribution in [0.3, 0.4) is 0 Å². The molecule has 0 N–H and O–H groups in total. The molecule has 43 heavy (non-hydrogen) atoms. The van der Waals surface area contributed by atoms with Crippen molar-refractivity contribution in [2.24, 2.45) is 0 Å². The van der Waals surface area contributed by atoms with Crippen LogP contribution in [0.4, 0.5) is 0 Å². The largest absolute Gasteiger partial charge is 0.143 e. The van der Waals surface area contributed by atoms with Crippen molar-refractivity contribution in [3.8, 4) is 22.3 Å². The summed E-state index contributed by atoms with van der Waals surface area (Å²) < 4.78 is 0. The zero-order chi connectivity index (χ0) is 31.3. The maximum Gasteiger partial charge on any atom is 0.00461 e. The summed E-state index contributed by atoms with van der Waals surface area (Å²) >= 11 is 4.34. The number of benzene rings is 5. The van der Waals surface area contributed by atoms with E-state index >= 15 is 0 Å². The maximum atomic E-state index is 4.34. The van der Waals surface area contributed by atoms with Gasteiger partial charge in [0, 0.05) is 4.90 Å². The Kier molecular flexibility index (Phi) is 17.3. The van der Waals surface area contributed by atoms with Gasteiger partial charge in [-0.15, -0.1) is 12.6 Å². The second kappa shape index (κ2) is 21.0. The van der Waals surface area contributed by atoms with E-state index < -0.39 is 0 Å². The Balaban J connectivity index is 0.000000262. The summed E-state index contributed by atoms with van der Waals surface area (Å²) in [7, 11) is 0. The average Bonchev–Trinajstić information content (AvgIpc) is 3.07. The number of allylic oxidation sites excluding steroid dienone is 2. The minimum absolute atomic E-state index is 0.974. The minimum atomic E-state index is 0.974. The molecule has 5 aromatic carbocycles. The molecule has 0 unspecified atom stereocenters.